The average Bonchev–Trinajstić information content (AvgIpc) is 2.62. The fourth-order valence-electron chi connectivity index (χ4n) is 2.00. The number of carbonyl (C=O) groups is 1. The summed E-state index contributed by atoms with van der Waals surface area (Å²) < 4.78 is 11.7. The van der Waals surface area contributed by atoms with Gasteiger partial charge in [-0.15, -0.1) is 0 Å². The van der Waals surface area contributed by atoms with Crippen molar-refractivity contribution in [2.45, 2.75) is 6.54 Å². The van der Waals surface area contributed by atoms with Crippen molar-refractivity contribution >= 4 is 22.0 Å². The third-order valence-electron chi connectivity index (χ3n) is 3.11. The molecule has 2 amide bonds. The van der Waals surface area contributed by atoms with E-state index in [-0.39, 0.29) is 12.6 Å². The van der Waals surface area contributed by atoms with Crippen LogP contribution in [0.4, 0.5) is 4.79 Å². The van der Waals surface area contributed by atoms with E-state index in [9.17, 15) is 4.79 Å². The molecule has 0 fully saturated rings. The molecule has 130 valence electrons. The highest BCUT2D eigenvalue weighted by Crippen LogP contribution is 2.17. The summed E-state index contributed by atoms with van der Waals surface area (Å²) in [5.41, 5.74) is 0.885. The molecular weight excluding hydrogens is 386 g/mol. The van der Waals surface area contributed by atoms with E-state index in [0.717, 1.165) is 15.8 Å². The van der Waals surface area contributed by atoms with Gasteiger partial charge in [0.2, 0.25) is 0 Å². The van der Waals surface area contributed by atoms with Gasteiger partial charge in [0.1, 0.15) is 24.2 Å². The zero-order valence-corrected chi connectivity index (χ0v) is 15.1. The highest BCUT2D eigenvalue weighted by atomic mass is 79.9. The van der Waals surface area contributed by atoms with Crippen LogP contribution >= 0.6 is 15.9 Å². The van der Waals surface area contributed by atoms with Crippen molar-refractivity contribution in [2.24, 2.45) is 0 Å². The second-order valence-electron chi connectivity index (χ2n) is 5.01. The zero-order chi connectivity index (χ0) is 17.9. The minimum absolute atomic E-state index is 0.00461. The number of nitrogens with zero attached hydrogens (tertiary/aromatic N) is 1. The molecule has 2 rings (SSSR count). The number of nitrogens with one attached hydrogen (secondary N) is 2. The molecule has 0 aliphatic heterocycles. The van der Waals surface area contributed by atoms with Crippen LogP contribution in [0.2, 0.25) is 0 Å². The lowest BCUT2D eigenvalue weighted by atomic mass is 10.2. The number of amides is 2. The maximum Gasteiger partial charge on any atom is 0.315 e. The zero-order valence-electron chi connectivity index (χ0n) is 13.5. The van der Waals surface area contributed by atoms with Crippen LogP contribution in [0.15, 0.2) is 53.0 Å². The Balaban J connectivity index is 1.66. The van der Waals surface area contributed by atoms with Crippen LogP contribution in [-0.2, 0) is 6.54 Å². The predicted molar refractivity (Wildman–Crippen MR) is 97.4 cm³/mol. The molecule has 2 aromatic carbocycles. The third kappa shape index (κ3) is 7.14. The number of hydrogen-bond acceptors (Lipinski definition) is 4. The molecule has 25 heavy (non-hydrogen) atoms. The van der Waals surface area contributed by atoms with Gasteiger partial charge in [0.05, 0.1) is 6.54 Å². The van der Waals surface area contributed by atoms with E-state index in [1.54, 1.807) is 12.1 Å². The summed E-state index contributed by atoms with van der Waals surface area (Å²) in [5.74, 6) is 1.34. The average molecular weight is 404 g/mol. The van der Waals surface area contributed by atoms with Gasteiger partial charge in [0.15, 0.2) is 6.61 Å². The molecule has 0 unspecified atom stereocenters. The van der Waals surface area contributed by atoms with Crippen LogP contribution in [0.1, 0.15) is 5.56 Å². The SMILES string of the molecule is N#CCOc1cccc(CNC(=O)NCCOc2cccc(Br)c2)c1. The lowest BCUT2D eigenvalue weighted by Crippen LogP contribution is -2.37. The van der Waals surface area contributed by atoms with Gasteiger partial charge in [-0.25, -0.2) is 4.79 Å². The van der Waals surface area contributed by atoms with Gasteiger partial charge >= 0.3 is 6.03 Å². The molecule has 0 heterocycles. The predicted octanol–water partition coefficient (Wildman–Crippen LogP) is 3.23. The van der Waals surface area contributed by atoms with Gasteiger partial charge in [-0.1, -0.05) is 34.1 Å². The monoisotopic (exact) mass is 403 g/mol. The molecule has 7 heteroatoms. The number of hydrogen-bond donors (Lipinski definition) is 2. The molecule has 0 aliphatic carbocycles. The van der Waals surface area contributed by atoms with Gasteiger partial charge in [-0.05, 0) is 35.9 Å². The molecule has 0 saturated carbocycles. The summed E-state index contributed by atoms with van der Waals surface area (Å²) >= 11 is 3.37. The smallest absolute Gasteiger partial charge is 0.315 e. The molecule has 0 spiro atoms. The topological polar surface area (TPSA) is 83.4 Å². The summed E-state index contributed by atoms with van der Waals surface area (Å²) in [6.07, 6.45) is 0. The van der Waals surface area contributed by atoms with E-state index in [2.05, 4.69) is 26.6 Å². The molecule has 2 N–H and O–H groups in total. The normalized spacial score (nSPS) is 9.76. The highest BCUT2D eigenvalue weighted by molar-refractivity contribution is 9.10. The largest absolute Gasteiger partial charge is 0.492 e. The van der Waals surface area contributed by atoms with E-state index in [0.29, 0.717) is 25.4 Å². The van der Waals surface area contributed by atoms with Crippen LogP contribution in [0.25, 0.3) is 0 Å². The van der Waals surface area contributed by atoms with E-state index in [1.165, 1.54) is 0 Å². The summed E-state index contributed by atoms with van der Waals surface area (Å²) in [6.45, 7) is 1.13. The standard InChI is InChI=1S/C18H18BrN3O3/c19-15-4-2-6-17(12-15)25-10-8-21-18(23)22-13-14-3-1-5-16(11-14)24-9-7-20/h1-6,11-12H,8-10,13H2,(H2,21,22,23). The van der Waals surface area contributed by atoms with Crippen molar-refractivity contribution in [1.29, 1.82) is 5.26 Å². The van der Waals surface area contributed by atoms with Crippen LogP contribution in [0, 0.1) is 11.3 Å². The highest BCUT2D eigenvalue weighted by Gasteiger charge is 2.02. The first-order valence-electron chi connectivity index (χ1n) is 7.66. The minimum Gasteiger partial charge on any atom is -0.492 e. The Morgan fingerprint density at radius 3 is 2.60 bits per heavy atom. The molecule has 6 nitrogen and oxygen atoms in total. The number of halogens is 1. The summed E-state index contributed by atoms with van der Waals surface area (Å²) in [4.78, 5) is 11.8. The summed E-state index contributed by atoms with van der Waals surface area (Å²) in [7, 11) is 0. The number of rotatable bonds is 8. The second-order valence-corrected chi connectivity index (χ2v) is 5.93. The van der Waals surface area contributed by atoms with Crippen molar-refractivity contribution in [2.75, 3.05) is 19.8 Å². The number of urea groups is 1. The van der Waals surface area contributed by atoms with Gasteiger partial charge in [-0.3, -0.25) is 0 Å². The van der Waals surface area contributed by atoms with Crippen molar-refractivity contribution in [3.63, 3.8) is 0 Å². The maximum atomic E-state index is 11.8. The summed E-state index contributed by atoms with van der Waals surface area (Å²) in [6, 6.07) is 16.4. The van der Waals surface area contributed by atoms with Crippen LogP contribution < -0.4 is 20.1 Å². The third-order valence-corrected chi connectivity index (χ3v) is 3.60. The Hall–Kier alpha value is -2.72. The van der Waals surface area contributed by atoms with E-state index in [4.69, 9.17) is 14.7 Å². The van der Waals surface area contributed by atoms with Gasteiger partial charge < -0.3 is 20.1 Å². The Kier molecular flexibility index (Phi) is 7.60. The first-order valence-corrected chi connectivity index (χ1v) is 8.45. The Morgan fingerprint density at radius 2 is 1.84 bits per heavy atom. The van der Waals surface area contributed by atoms with E-state index in [1.807, 2.05) is 42.5 Å². The number of benzene rings is 2. The van der Waals surface area contributed by atoms with Crippen molar-refractivity contribution in [1.82, 2.24) is 10.6 Å². The van der Waals surface area contributed by atoms with Crippen molar-refractivity contribution in [3.8, 4) is 17.6 Å². The lowest BCUT2D eigenvalue weighted by molar-refractivity contribution is 0.236. The van der Waals surface area contributed by atoms with Gasteiger partial charge in [0.25, 0.3) is 0 Å². The molecule has 0 bridgehead atoms. The number of ether oxygens (including phenoxy) is 2. The molecule has 2 aromatic rings. The second kappa shape index (κ2) is 10.2. The molecule has 0 saturated heterocycles. The minimum atomic E-state index is -0.277. The maximum absolute atomic E-state index is 11.8. The van der Waals surface area contributed by atoms with Crippen molar-refractivity contribution in [3.05, 3.63) is 58.6 Å². The fourth-order valence-corrected chi connectivity index (χ4v) is 2.37. The van der Waals surface area contributed by atoms with E-state index < -0.39 is 0 Å². The fraction of sp³-hybridized carbons (Fsp3) is 0.222. The molecule has 0 atom stereocenters. The number of nitriles is 1. The Bertz CT molecular complexity index is 746. The van der Waals surface area contributed by atoms with Gasteiger partial charge in [0, 0.05) is 11.0 Å². The first kappa shape index (κ1) is 18.6. The molecule has 0 radical (unpaired) electrons. The lowest BCUT2D eigenvalue weighted by Gasteiger charge is -2.10. The Morgan fingerprint density at radius 1 is 1.08 bits per heavy atom. The van der Waals surface area contributed by atoms with Gasteiger partial charge in [-0.2, -0.15) is 5.26 Å². The quantitative estimate of drug-likeness (QED) is 0.662. The molecule has 0 aliphatic rings. The van der Waals surface area contributed by atoms with E-state index >= 15 is 0 Å². The molecular formula is C18H18BrN3O3. The van der Waals surface area contributed by atoms with Crippen molar-refractivity contribution < 1.29 is 14.3 Å². The number of carbonyl (C=O) groups excluding carboxylic acids is 1. The first-order chi connectivity index (χ1) is 12.2. The molecule has 0 aromatic heterocycles. The van der Waals surface area contributed by atoms with Crippen LogP contribution in [-0.4, -0.2) is 25.8 Å². The van der Waals surface area contributed by atoms with Crippen LogP contribution in [0.3, 0.4) is 0 Å². The summed E-state index contributed by atoms with van der Waals surface area (Å²) in [5, 5.41) is 14.0. The Labute approximate surface area is 154 Å². The van der Waals surface area contributed by atoms with Crippen LogP contribution in [0.5, 0.6) is 11.5 Å².